The van der Waals surface area contributed by atoms with Crippen molar-refractivity contribution in [2.24, 2.45) is 0 Å². The maximum atomic E-state index is 13.3. The Morgan fingerprint density at radius 1 is 1.05 bits per heavy atom. The first-order valence-corrected chi connectivity index (χ1v) is 12.8. The Kier molecular flexibility index (Phi) is 6.48. The molecule has 1 aliphatic carbocycles. The van der Waals surface area contributed by atoms with Crippen LogP contribution in [0.5, 0.6) is 0 Å². The topological polar surface area (TPSA) is 113 Å². The van der Waals surface area contributed by atoms with E-state index in [1.54, 1.807) is 4.57 Å². The molecule has 10 heteroatoms. The van der Waals surface area contributed by atoms with Gasteiger partial charge in [0, 0.05) is 55.6 Å². The highest BCUT2D eigenvalue weighted by atomic mass is 16.6. The number of anilines is 3. The number of benzene rings is 2. The molecule has 1 fully saturated rings. The van der Waals surface area contributed by atoms with Gasteiger partial charge in [0.25, 0.3) is 5.91 Å². The first-order chi connectivity index (χ1) is 18.6. The van der Waals surface area contributed by atoms with Crippen LogP contribution in [0, 0.1) is 0 Å². The van der Waals surface area contributed by atoms with Crippen molar-refractivity contribution in [2.45, 2.75) is 19.3 Å². The van der Waals surface area contributed by atoms with Gasteiger partial charge in [0.15, 0.2) is 5.65 Å². The predicted molar refractivity (Wildman–Crippen MR) is 146 cm³/mol. The number of aryl methyl sites for hydroxylation is 2. The number of carbonyl (C=O) groups is 1. The van der Waals surface area contributed by atoms with Gasteiger partial charge in [0.1, 0.15) is 5.56 Å². The van der Waals surface area contributed by atoms with Crippen LogP contribution in [-0.2, 0) is 17.7 Å². The van der Waals surface area contributed by atoms with Crippen LogP contribution in [0.15, 0.2) is 59.7 Å². The standard InChI is InChI=1S/C28H29N7O3/c1-38-33-27(37)24-17-35(22-9-8-18-4-2-5-19(18)14-22)26-23(25(24)36)16-30-28(32-26)31-20-6-3-7-21(15-20)34-12-10-29-11-13-34/h3,6-9,14-17,29H,2,4-5,10-13H2,1H3,(H,33,37)(H,30,31,32). The third kappa shape index (κ3) is 4.59. The fraction of sp³-hybridized carbons (Fsp3) is 0.286. The third-order valence-electron chi connectivity index (χ3n) is 7.13. The highest BCUT2D eigenvalue weighted by Crippen LogP contribution is 2.27. The number of hydroxylamine groups is 1. The molecule has 1 saturated heterocycles. The minimum absolute atomic E-state index is 0.0483. The van der Waals surface area contributed by atoms with Crippen molar-refractivity contribution in [3.63, 3.8) is 0 Å². The van der Waals surface area contributed by atoms with Crippen LogP contribution in [0.4, 0.5) is 17.3 Å². The SMILES string of the molecule is CONC(=O)c1cn(-c2ccc3c(c2)CCC3)c2nc(Nc3cccc(N4CCNCC4)c3)ncc2c1=O. The maximum absolute atomic E-state index is 13.3. The molecule has 2 aliphatic rings. The molecule has 10 nitrogen and oxygen atoms in total. The molecule has 0 saturated carbocycles. The van der Waals surface area contributed by atoms with E-state index in [1.807, 2.05) is 18.2 Å². The number of amides is 1. The van der Waals surface area contributed by atoms with E-state index in [2.05, 4.69) is 50.3 Å². The summed E-state index contributed by atoms with van der Waals surface area (Å²) in [5.74, 6) is -0.264. The summed E-state index contributed by atoms with van der Waals surface area (Å²) in [4.78, 5) is 42.2. The van der Waals surface area contributed by atoms with Crippen molar-refractivity contribution in [3.8, 4) is 5.69 Å². The summed E-state index contributed by atoms with van der Waals surface area (Å²) in [5, 5.41) is 6.91. The number of carbonyl (C=O) groups excluding carboxylic acids is 1. The van der Waals surface area contributed by atoms with Gasteiger partial charge in [-0.1, -0.05) is 12.1 Å². The number of fused-ring (bicyclic) bond motifs is 2. The van der Waals surface area contributed by atoms with E-state index in [4.69, 9.17) is 9.82 Å². The zero-order chi connectivity index (χ0) is 26.1. The van der Waals surface area contributed by atoms with Gasteiger partial charge in [0.2, 0.25) is 11.4 Å². The van der Waals surface area contributed by atoms with Crippen LogP contribution >= 0.6 is 0 Å². The van der Waals surface area contributed by atoms with E-state index in [-0.39, 0.29) is 10.9 Å². The molecule has 194 valence electrons. The van der Waals surface area contributed by atoms with Gasteiger partial charge >= 0.3 is 0 Å². The van der Waals surface area contributed by atoms with Crippen LogP contribution in [-0.4, -0.2) is 53.7 Å². The van der Waals surface area contributed by atoms with Crippen molar-refractivity contribution in [3.05, 3.63) is 81.8 Å². The first-order valence-electron chi connectivity index (χ1n) is 12.8. The van der Waals surface area contributed by atoms with Crippen molar-refractivity contribution in [1.82, 2.24) is 25.3 Å². The van der Waals surface area contributed by atoms with Crippen LogP contribution in [0.2, 0.25) is 0 Å². The summed E-state index contributed by atoms with van der Waals surface area (Å²) in [7, 11) is 1.33. The quantitative estimate of drug-likeness (QED) is 0.339. The minimum Gasteiger partial charge on any atom is -0.369 e. The fourth-order valence-electron chi connectivity index (χ4n) is 5.22. The normalized spacial score (nSPS) is 14.9. The number of piperazine rings is 1. The highest BCUT2D eigenvalue weighted by Gasteiger charge is 2.20. The summed E-state index contributed by atoms with van der Waals surface area (Å²) in [6.07, 6.45) is 6.18. The molecular formula is C28H29N7O3. The molecule has 0 radical (unpaired) electrons. The van der Waals surface area contributed by atoms with Crippen LogP contribution in [0.1, 0.15) is 27.9 Å². The van der Waals surface area contributed by atoms with E-state index in [1.165, 1.54) is 30.6 Å². The lowest BCUT2D eigenvalue weighted by molar-refractivity contribution is 0.0536. The van der Waals surface area contributed by atoms with Gasteiger partial charge in [-0.3, -0.25) is 14.4 Å². The molecular weight excluding hydrogens is 482 g/mol. The maximum Gasteiger partial charge on any atom is 0.280 e. The smallest absolute Gasteiger partial charge is 0.280 e. The second-order valence-electron chi connectivity index (χ2n) is 9.53. The average Bonchev–Trinajstić information content (AvgIpc) is 3.42. The number of nitrogens with zero attached hydrogens (tertiary/aromatic N) is 4. The number of hydrogen-bond donors (Lipinski definition) is 3. The number of rotatable bonds is 6. The zero-order valence-corrected chi connectivity index (χ0v) is 21.2. The Morgan fingerprint density at radius 2 is 1.89 bits per heavy atom. The van der Waals surface area contributed by atoms with Gasteiger partial charge in [0.05, 0.1) is 12.5 Å². The summed E-state index contributed by atoms with van der Waals surface area (Å²) in [6, 6.07) is 14.3. The minimum atomic E-state index is -0.624. The second-order valence-corrected chi connectivity index (χ2v) is 9.53. The van der Waals surface area contributed by atoms with E-state index >= 15 is 0 Å². The van der Waals surface area contributed by atoms with Crippen LogP contribution < -0.4 is 26.4 Å². The molecule has 38 heavy (non-hydrogen) atoms. The third-order valence-corrected chi connectivity index (χ3v) is 7.13. The van der Waals surface area contributed by atoms with Gasteiger partial charge in [-0.15, -0.1) is 0 Å². The van der Waals surface area contributed by atoms with Gasteiger partial charge in [-0.2, -0.15) is 4.98 Å². The molecule has 2 aromatic heterocycles. The predicted octanol–water partition coefficient (Wildman–Crippen LogP) is 2.71. The number of hydrogen-bond acceptors (Lipinski definition) is 8. The Morgan fingerprint density at radius 3 is 2.74 bits per heavy atom. The molecule has 1 aliphatic heterocycles. The molecule has 0 atom stereocenters. The first kappa shape index (κ1) is 24.1. The Labute approximate surface area is 219 Å². The number of nitrogens with one attached hydrogen (secondary N) is 3. The summed E-state index contributed by atoms with van der Waals surface area (Å²) >= 11 is 0. The van der Waals surface area contributed by atoms with Crippen LogP contribution in [0.3, 0.4) is 0 Å². The summed E-state index contributed by atoms with van der Waals surface area (Å²) in [6.45, 7) is 3.80. The van der Waals surface area contributed by atoms with Crippen molar-refractivity contribution < 1.29 is 9.63 Å². The molecule has 3 N–H and O–H groups in total. The molecule has 0 spiro atoms. The van der Waals surface area contributed by atoms with E-state index in [0.717, 1.165) is 62.5 Å². The lowest BCUT2D eigenvalue weighted by Gasteiger charge is -2.29. The Hall–Kier alpha value is -4.28. The molecule has 2 aromatic carbocycles. The summed E-state index contributed by atoms with van der Waals surface area (Å²) in [5.41, 5.74) is 7.56. The van der Waals surface area contributed by atoms with E-state index < -0.39 is 11.3 Å². The number of aromatic nitrogens is 3. The molecule has 0 unspecified atom stereocenters. The van der Waals surface area contributed by atoms with Crippen LogP contribution in [0.25, 0.3) is 16.7 Å². The Bertz CT molecular complexity index is 1580. The highest BCUT2D eigenvalue weighted by molar-refractivity contribution is 5.96. The molecule has 6 rings (SSSR count). The number of pyridine rings is 1. The Balaban J connectivity index is 1.43. The monoisotopic (exact) mass is 511 g/mol. The largest absolute Gasteiger partial charge is 0.369 e. The van der Waals surface area contributed by atoms with E-state index in [9.17, 15) is 9.59 Å². The van der Waals surface area contributed by atoms with Gasteiger partial charge in [-0.25, -0.2) is 10.5 Å². The second kappa shape index (κ2) is 10.2. The van der Waals surface area contributed by atoms with Gasteiger partial charge in [-0.05, 0) is 60.7 Å². The zero-order valence-electron chi connectivity index (χ0n) is 21.2. The fourth-order valence-corrected chi connectivity index (χ4v) is 5.22. The lowest BCUT2D eigenvalue weighted by Crippen LogP contribution is -2.43. The summed E-state index contributed by atoms with van der Waals surface area (Å²) < 4.78 is 1.78. The van der Waals surface area contributed by atoms with E-state index in [0.29, 0.717) is 11.6 Å². The van der Waals surface area contributed by atoms with Gasteiger partial charge < -0.3 is 20.1 Å². The molecule has 4 aromatic rings. The molecule has 1 amide bonds. The molecule has 0 bridgehead atoms. The van der Waals surface area contributed by atoms with Crippen molar-refractivity contribution in [2.75, 3.05) is 43.5 Å². The lowest BCUT2D eigenvalue weighted by atomic mass is 10.1. The van der Waals surface area contributed by atoms with Crippen molar-refractivity contribution >= 4 is 34.3 Å². The average molecular weight is 512 g/mol. The van der Waals surface area contributed by atoms with Crippen molar-refractivity contribution in [1.29, 1.82) is 0 Å². The molecule has 3 heterocycles.